The van der Waals surface area contributed by atoms with Gasteiger partial charge in [-0.1, -0.05) is 13.8 Å². The SMILES string of the molecule is CC(C)CCS(=O)(=O)CC(CC(N)=O)C(N)=O.Cl. The van der Waals surface area contributed by atoms with Crippen LogP contribution in [0.25, 0.3) is 0 Å². The quantitative estimate of drug-likeness (QED) is 0.647. The van der Waals surface area contributed by atoms with Crippen LogP contribution in [0.15, 0.2) is 0 Å². The molecule has 1 atom stereocenters. The van der Waals surface area contributed by atoms with Gasteiger partial charge in [0.2, 0.25) is 11.8 Å². The van der Waals surface area contributed by atoms with Crippen molar-refractivity contribution in [1.82, 2.24) is 0 Å². The second-order valence-corrected chi connectivity index (χ2v) is 6.80. The molecule has 0 aromatic heterocycles. The molecule has 4 N–H and O–H groups in total. The molecule has 0 saturated carbocycles. The van der Waals surface area contributed by atoms with E-state index in [4.69, 9.17) is 11.5 Å². The summed E-state index contributed by atoms with van der Waals surface area (Å²) in [5.41, 5.74) is 9.97. The molecule has 0 radical (unpaired) electrons. The Kier molecular flexibility index (Phi) is 9.01. The molecule has 108 valence electrons. The second kappa shape index (κ2) is 8.31. The summed E-state index contributed by atoms with van der Waals surface area (Å²) in [6.45, 7) is 3.81. The average molecular weight is 301 g/mol. The average Bonchev–Trinajstić information content (AvgIpc) is 2.12. The molecule has 0 spiro atoms. The van der Waals surface area contributed by atoms with Gasteiger partial charge in [-0.2, -0.15) is 0 Å². The Morgan fingerprint density at radius 2 is 1.67 bits per heavy atom. The molecule has 0 bridgehead atoms. The van der Waals surface area contributed by atoms with Gasteiger partial charge in [-0.05, 0) is 12.3 Å². The molecular formula is C10H21ClN2O4S. The number of carbonyl (C=O) groups excluding carboxylic acids is 2. The Labute approximate surface area is 114 Å². The third-order valence-corrected chi connectivity index (χ3v) is 4.08. The van der Waals surface area contributed by atoms with Crippen LogP contribution in [0, 0.1) is 11.8 Å². The van der Waals surface area contributed by atoms with Crippen molar-refractivity contribution in [3.63, 3.8) is 0 Å². The van der Waals surface area contributed by atoms with Gasteiger partial charge in [0.25, 0.3) is 0 Å². The zero-order valence-electron chi connectivity index (χ0n) is 10.6. The third kappa shape index (κ3) is 9.23. The van der Waals surface area contributed by atoms with Crippen molar-refractivity contribution >= 4 is 34.1 Å². The molecule has 0 aliphatic rings. The number of rotatable bonds is 8. The van der Waals surface area contributed by atoms with Gasteiger partial charge < -0.3 is 11.5 Å². The number of nitrogens with two attached hydrogens (primary N) is 2. The second-order valence-electron chi connectivity index (χ2n) is 4.57. The molecular weight excluding hydrogens is 280 g/mol. The largest absolute Gasteiger partial charge is 0.370 e. The molecule has 1 unspecified atom stereocenters. The number of primary amides is 2. The van der Waals surface area contributed by atoms with Crippen molar-refractivity contribution in [2.24, 2.45) is 23.3 Å². The molecule has 0 rings (SSSR count). The van der Waals surface area contributed by atoms with E-state index in [1.165, 1.54) is 0 Å². The predicted molar refractivity (Wildman–Crippen MR) is 71.9 cm³/mol. The molecule has 2 amide bonds. The van der Waals surface area contributed by atoms with Gasteiger partial charge in [0.1, 0.15) is 0 Å². The summed E-state index contributed by atoms with van der Waals surface area (Å²) in [5, 5.41) is 0. The van der Waals surface area contributed by atoms with Crippen LogP contribution < -0.4 is 11.5 Å². The van der Waals surface area contributed by atoms with E-state index in [-0.39, 0.29) is 30.5 Å². The van der Waals surface area contributed by atoms with Gasteiger partial charge in [-0.25, -0.2) is 8.42 Å². The fourth-order valence-electron chi connectivity index (χ4n) is 1.29. The number of hydrogen-bond acceptors (Lipinski definition) is 4. The molecule has 0 aromatic rings. The molecule has 0 saturated heterocycles. The van der Waals surface area contributed by atoms with E-state index in [0.717, 1.165) is 0 Å². The Hall–Kier alpha value is -0.820. The summed E-state index contributed by atoms with van der Waals surface area (Å²) in [6, 6.07) is 0. The van der Waals surface area contributed by atoms with Crippen LogP contribution in [-0.4, -0.2) is 31.7 Å². The highest BCUT2D eigenvalue weighted by Crippen LogP contribution is 2.10. The predicted octanol–water partition coefficient (Wildman–Crippen LogP) is -0.154. The van der Waals surface area contributed by atoms with Crippen molar-refractivity contribution in [1.29, 1.82) is 0 Å². The van der Waals surface area contributed by atoms with E-state index < -0.39 is 33.3 Å². The van der Waals surface area contributed by atoms with E-state index in [0.29, 0.717) is 6.42 Å². The minimum Gasteiger partial charge on any atom is -0.370 e. The molecule has 0 fully saturated rings. The summed E-state index contributed by atoms with van der Waals surface area (Å²) >= 11 is 0. The van der Waals surface area contributed by atoms with E-state index in [2.05, 4.69) is 0 Å². The van der Waals surface area contributed by atoms with E-state index >= 15 is 0 Å². The number of halogens is 1. The van der Waals surface area contributed by atoms with Crippen molar-refractivity contribution in [3.8, 4) is 0 Å². The van der Waals surface area contributed by atoms with Crippen LogP contribution in [0.5, 0.6) is 0 Å². The number of hydrogen-bond donors (Lipinski definition) is 2. The minimum atomic E-state index is -3.38. The standard InChI is InChI=1S/C10H20N2O4S.ClH/c1-7(2)3-4-17(15,16)6-8(10(12)14)5-9(11)13;/h7-8H,3-6H2,1-2H3,(H2,11,13)(H2,12,14);1H. The highest BCUT2D eigenvalue weighted by molar-refractivity contribution is 7.91. The summed E-state index contributed by atoms with van der Waals surface area (Å²) in [7, 11) is -3.38. The van der Waals surface area contributed by atoms with Gasteiger partial charge in [0.15, 0.2) is 9.84 Å². The van der Waals surface area contributed by atoms with Gasteiger partial charge in [0.05, 0.1) is 17.4 Å². The summed E-state index contributed by atoms with van der Waals surface area (Å²) < 4.78 is 23.3. The number of sulfone groups is 1. The maximum Gasteiger partial charge on any atom is 0.222 e. The topological polar surface area (TPSA) is 120 Å². The first-order valence-corrected chi connectivity index (χ1v) is 7.24. The monoisotopic (exact) mass is 300 g/mol. The normalized spacial score (nSPS) is 12.8. The smallest absolute Gasteiger partial charge is 0.222 e. The van der Waals surface area contributed by atoms with Crippen LogP contribution in [0.1, 0.15) is 26.7 Å². The maximum atomic E-state index is 11.7. The molecule has 0 aromatic carbocycles. The van der Waals surface area contributed by atoms with Crippen molar-refractivity contribution in [2.75, 3.05) is 11.5 Å². The summed E-state index contributed by atoms with van der Waals surface area (Å²) in [6.07, 6.45) is 0.195. The Morgan fingerprint density at radius 3 is 2.00 bits per heavy atom. The molecule has 18 heavy (non-hydrogen) atoms. The van der Waals surface area contributed by atoms with Crippen LogP contribution >= 0.6 is 12.4 Å². The lowest BCUT2D eigenvalue weighted by Gasteiger charge is -2.12. The summed E-state index contributed by atoms with van der Waals surface area (Å²) in [5.74, 6) is -2.71. The Bertz CT molecular complexity index is 381. The zero-order valence-corrected chi connectivity index (χ0v) is 12.2. The highest BCUT2D eigenvalue weighted by atomic mass is 35.5. The van der Waals surface area contributed by atoms with Crippen LogP contribution in [0.4, 0.5) is 0 Å². The van der Waals surface area contributed by atoms with Crippen LogP contribution in [-0.2, 0) is 19.4 Å². The van der Waals surface area contributed by atoms with Gasteiger partial charge >= 0.3 is 0 Å². The first-order chi connectivity index (χ1) is 7.64. The van der Waals surface area contributed by atoms with Crippen LogP contribution in [0.2, 0.25) is 0 Å². The van der Waals surface area contributed by atoms with E-state index in [9.17, 15) is 18.0 Å². The third-order valence-electron chi connectivity index (χ3n) is 2.31. The van der Waals surface area contributed by atoms with Gasteiger partial charge in [-0.15, -0.1) is 12.4 Å². The number of carbonyl (C=O) groups is 2. The molecule has 0 heterocycles. The van der Waals surface area contributed by atoms with Crippen molar-refractivity contribution in [3.05, 3.63) is 0 Å². The lowest BCUT2D eigenvalue weighted by Crippen LogP contribution is -2.34. The first kappa shape index (κ1) is 19.5. The summed E-state index contributed by atoms with van der Waals surface area (Å²) in [4.78, 5) is 21.7. The lowest BCUT2D eigenvalue weighted by atomic mass is 10.1. The molecule has 8 heteroatoms. The maximum absolute atomic E-state index is 11.7. The molecule has 0 aliphatic heterocycles. The minimum absolute atomic E-state index is 0. The van der Waals surface area contributed by atoms with Gasteiger partial charge in [-0.3, -0.25) is 9.59 Å². The zero-order chi connectivity index (χ0) is 13.6. The first-order valence-electron chi connectivity index (χ1n) is 5.42. The molecule has 0 aliphatic carbocycles. The van der Waals surface area contributed by atoms with Crippen LogP contribution in [0.3, 0.4) is 0 Å². The lowest BCUT2D eigenvalue weighted by molar-refractivity contribution is -0.126. The highest BCUT2D eigenvalue weighted by Gasteiger charge is 2.25. The number of amides is 2. The van der Waals surface area contributed by atoms with Crippen molar-refractivity contribution < 1.29 is 18.0 Å². The Morgan fingerprint density at radius 1 is 1.17 bits per heavy atom. The molecule has 6 nitrogen and oxygen atoms in total. The Balaban J connectivity index is 0. The fourth-order valence-corrected chi connectivity index (χ4v) is 3.18. The fraction of sp³-hybridized carbons (Fsp3) is 0.800. The van der Waals surface area contributed by atoms with Crippen molar-refractivity contribution in [2.45, 2.75) is 26.7 Å². The van der Waals surface area contributed by atoms with Gasteiger partial charge in [0, 0.05) is 6.42 Å². The van der Waals surface area contributed by atoms with E-state index in [1.807, 2.05) is 13.8 Å². The van der Waals surface area contributed by atoms with E-state index in [1.54, 1.807) is 0 Å².